The van der Waals surface area contributed by atoms with Gasteiger partial charge in [-0.05, 0) is 17.7 Å². The van der Waals surface area contributed by atoms with Gasteiger partial charge in [-0.2, -0.15) is 0 Å². The average Bonchev–Trinajstić information content (AvgIpc) is 2.37. The summed E-state index contributed by atoms with van der Waals surface area (Å²) in [6, 6.07) is 6.44. The van der Waals surface area contributed by atoms with Crippen molar-refractivity contribution in [2.24, 2.45) is 0 Å². The molecule has 1 N–H and O–H groups in total. The summed E-state index contributed by atoms with van der Waals surface area (Å²) in [5, 5.41) is 3.37. The highest BCUT2D eigenvalue weighted by Crippen LogP contribution is 2.28. The van der Waals surface area contributed by atoms with E-state index in [2.05, 4.69) is 19.2 Å². The lowest BCUT2D eigenvalue weighted by Crippen LogP contribution is -2.21. The zero-order valence-corrected chi connectivity index (χ0v) is 11.7. The molecule has 0 aliphatic heterocycles. The molecule has 0 aliphatic carbocycles. The van der Waals surface area contributed by atoms with Crippen LogP contribution in [0.1, 0.15) is 19.4 Å². The van der Waals surface area contributed by atoms with E-state index in [1.165, 1.54) is 5.56 Å². The predicted octanol–water partition coefficient (Wildman–Crippen LogP) is 2.22. The molecule has 0 saturated carbocycles. The van der Waals surface area contributed by atoms with Crippen LogP contribution in [-0.2, 0) is 11.3 Å². The van der Waals surface area contributed by atoms with Crippen molar-refractivity contribution in [1.82, 2.24) is 5.32 Å². The first-order chi connectivity index (χ1) is 8.67. The summed E-state index contributed by atoms with van der Waals surface area (Å²) >= 11 is 0. The lowest BCUT2D eigenvalue weighted by molar-refractivity contribution is 0.144. The summed E-state index contributed by atoms with van der Waals surface area (Å²) in [7, 11) is 3.30. The summed E-state index contributed by atoms with van der Waals surface area (Å²) in [6.07, 6.45) is 0. The highest BCUT2D eigenvalue weighted by Gasteiger charge is 2.06. The van der Waals surface area contributed by atoms with Gasteiger partial charge in [-0.15, -0.1) is 0 Å². The van der Waals surface area contributed by atoms with E-state index >= 15 is 0 Å². The van der Waals surface area contributed by atoms with Crippen molar-refractivity contribution < 1.29 is 14.2 Å². The number of hydrogen-bond acceptors (Lipinski definition) is 4. The summed E-state index contributed by atoms with van der Waals surface area (Å²) in [4.78, 5) is 0. The van der Waals surface area contributed by atoms with Crippen molar-refractivity contribution in [3.8, 4) is 11.5 Å². The third-order valence-corrected chi connectivity index (χ3v) is 2.49. The van der Waals surface area contributed by atoms with Gasteiger partial charge in [0.25, 0.3) is 0 Å². The van der Waals surface area contributed by atoms with E-state index in [0.717, 1.165) is 18.0 Å². The van der Waals surface area contributed by atoms with E-state index in [9.17, 15) is 0 Å². The number of nitrogens with one attached hydrogen (secondary N) is 1. The molecule has 102 valence electrons. The molecule has 0 atom stereocenters. The Bertz CT molecular complexity index is 353. The Hall–Kier alpha value is -1.26. The third kappa shape index (κ3) is 4.94. The molecule has 0 unspecified atom stereocenters. The Balaban J connectivity index is 2.68. The molecule has 0 radical (unpaired) electrons. The van der Waals surface area contributed by atoms with E-state index < -0.39 is 0 Å². The van der Waals surface area contributed by atoms with E-state index in [-0.39, 0.29) is 0 Å². The van der Waals surface area contributed by atoms with E-state index in [4.69, 9.17) is 14.2 Å². The second-order valence-electron chi connectivity index (χ2n) is 4.36. The molecule has 0 saturated heterocycles. The highest BCUT2D eigenvalue weighted by molar-refractivity contribution is 5.42. The first-order valence-corrected chi connectivity index (χ1v) is 6.19. The molecule has 1 rings (SSSR count). The van der Waals surface area contributed by atoms with Gasteiger partial charge in [-0.3, -0.25) is 0 Å². The Morgan fingerprint density at radius 2 is 1.89 bits per heavy atom. The van der Waals surface area contributed by atoms with Gasteiger partial charge in [0.2, 0.25) is 0 Å². The average molecular weight is 253 g/mol. The smallest absolute Gasteiger partial charge is 0.161 e. The lowest BCUT2D eigenvalue weighted by Gasteiger charge is -2.13. The maximum Gasteiger partial charge on any atom is 0.161 e. The van der Waals surface area contributed by atoms with Crippen LogP contribution in [0.15, 0.2) is 18.2 Å². The second kappa shape index (κ2) is 7.95. The zero-order chi connectivity index (χ0) is 13.4. The maximum atomic E-state index is 5.64. The van der Waals surface area contributed by atoms with E-state index in [0.29, 0.717) is 19.3 Å². The minimum atomic E-state index is 0.463. The Morgan fingerprint density at radius 1 is 1.11 bits per heavy atom. The standard InChI is InChI=1S/C14H23NO3/c1-11(2)15-10-12-5-6-13(17-4)14(9-12)18-8-7-16-3/h5-6,9,11,15H,7-8,10H2,1-4H3. The van der Waals surface area contributed by atoms with Crippen LogP contribution in [0, 0.1) is 0 Å². The van der Waals surface area contributed by atoms with Crippen LogP contribution in [0.3, 0.4) is 0 Å². The minimum Gasteiger partial charge on any atom is -0.493 e. The van der Waals surface area contributed by atoms with Gasteiger partial charge in [-0.1, -0.05) is 19.9 Å². The summed E-state index contributed by atoms with van der Waals surface area (Å²) in [5.41, 5.74) is 1.18. The van der Waals surface area contributed by atoms with Crippen LogP contribution in [0.2, 0.25) is 0 Å². The van der Waals surface area contributed by atoms with Crippen LogP contribution in [0.4, 0.5) is 0 Å². The minimum absolute atomic E-state index is 0.463. The van der Waals surface area contributed by atoms with Gasteiger partial charge in [0.1, 0.15) is 6.61 Å². The molecule has 0 fully saturated rings. The van der Waals surface area contributed by atoms with Crippen molar-refractivity contribution in [3.05, 3.63) is 23.8 Å². The van der Waals surface area contributed by atoms with Gasteiger partial charge in [0.15, 0.2) is 11.5 Å². The maximum absolute atomic E-state index is 5.64. The first kappa shape index (κ1) is 14.8. The van der Waals surface area contributed by atoms with E-state index in [1.807, 2.05) is 18.2 Å². The molecular weight excluding hydrogens is 230 g/mol. The Labute approximate surface area is 109 Å². The topological polar surface area (TPSA) is 39.7 Å². The van der Waals surface area contributed by atoms with Gasteiger partial charge >= 0.3 is 0 Å². The van der Waals surface area contributed by atoms with Crippen LogP contribution in [0.5, 0.6) is 11.5 Å². The number of rotatable bonds is 8. The lowest BCUT2D eigenvalue weighted by atomic mass is 10.2. The third-order valence-electron chi connectivity index (χ3n) is 2.49. The van der Waals surface area contributed by atoms with E-state index in [1.54, 1.807) is 14.2 Å². The van der Waals surface area contributed by atoms with Crippen molar-refractivity contribution in [1.29, 1.82) is 0 Å². The van der Waals surface area contributed by atoms with Crippen molar-refractivity contribution in [2.45, 2.75) is 26.4 Å². The fourth-order valence-corrected chi connectivity index (χ4v) is 1.50. The molecule has 4 heteroatoms. The quantitative estimate of drug-likeness (QED) is 0.721. The van der Waals surface area contributed by atoms with Crippen molar-refractivity contribution >= 4 is 0 Å². The highest BCUT2D eigenvalue weighted by atomic mass is 16.5. The molecule has 0 heterocycles. The molecule has 1 aromatic rings. The number of ether oxygens (including phenoxy) is 3. The van der Waals surface area contributed by atoms with Crippen molar-refractivity contribution in [3.63, 3.8) is 0 Å². The fraction of sp³-hybridized carbons (Fsp3) is 0.571. The molecule has 0 bridgehead atoms. The Morgan fingerprint density at radius 3 is 2.50 bits per heavy atom. The SMILES string of the molecule is COCCOc1cc(CNC(C)C)ccc1OC. The Kier molecular flexibility index (Phi) is 6.54. The van der Waals surface area contributed by atoms with Gasteiger partial charge in [0.05, 0.1) is 13.7 Å². The molecule has 0 spiro atoms. The molecular formula is C14H23NO3. The monoisotopic (exact) mass is 253 g/mol. The molecule has 18 heavy (non-hydrogen) atoms. The van der Waals surface area contributed by atoms with Crippen LogP contribution in [-0.4, -0.2) is 33.5 Å². The molecule has 0 aromatic heterocycles. The van der Waals surface area contributed by atoms with Crippen LogP contribution in [0.25, 0.3) is 0 Å². The fourth-order valence-electron chi connectivity index (χ4n) is 1.50. The number of benzene rings is 1. The van der Waals surface area contributed by atoms with Gasteiger partial charge < -0.3 is 19.5 Å². The molecule has 4 nitrogen and oxygen atoms in total. The zero-order valence-electron chi connectivity index (χ0n) is 11.7. The summed E-state index contributed by atoms with van der Waals surface area (Å²) in [5.74, 6) is 1.51. The van der Waals surface area contributed by atoms with Crippen LogP contribution >= 0.6 is 0 Å². The number of methoxy groups -OCH3 is 2. The predicted molar refractivity (Wildman–Crippen MR) is 72.3 cm³/mol. The van der Waals surface area contributed by atoms with Crippen molar-refractivity contribution in [2.75, 3.05) is 27.4 Å². The normalized spacial score (nSPS) is 10.7. The van der Waals surface area contributed by atoms with Gasteiger partial charge in [0, 0.05) is 19.7 Å². The molecule has 0 amide bonds. The van der Waals surface area contributed by atoms with Gasteiger partial charge in [-0.25, -0.2) is 0 Å². The molecule has 1 aromatic carbocycles. The second-order valence-corrected chi connectivity index (χ2v) is 4.36. The number of hydrogen-bond donors (Lipinski definition) is 1. The summed E-state index contributed by atoms with van der Waals surface area (Å²) < 4.78 is 15.9. The summed E-state index contributed by atoms with van der Waals surface area (Å²) in [6.45, 7) is 6.16. The first-order valence-electron chi connectivity index (χ1n) is 6.19. The molecule has 0 aliphatic rings. The largest absolute Gasteiger partial charge is 0.493 e. The van der Waals surface area contributed by atoms with Crippen LogP contribution < -0.4 is 14.8 Å².